The molecule has 1 N–H and O–H groups in total. The Kier molecular flexibility index (Phi) is 34.1. The molecule has 0 unspecified atom stereocenters. The van der Waals surface area contributed by atoms with E-state index in [2.05, 4.69) is 73.0 Å². The van der Waals surface area contributed by atoms with Crippen LogP contribution in [0.5, 0.6) is 0 Å². The van der Waals surface area contributed by atoms with Gasteiger partial charge in [0.25, 0.3) is 0 Å². The smallest absolute Gasteiger partial charge is 0.0378 e. The van der Waals surface area contributed by atoms with Crippen LogP contribution in [0.1, 0.15) is 181 Å². The Balaban J connectivity index is 3.53. The molecule has 0 aliphatic rings. The number of nitrogens with one attached hydrogen (secondary N) is 1. The lowest BCUT2D eigenvalue weighted by Crippen LogP contribution is -2.06. The van der Waals surface area contributed by atoms with Gasteiger partial charge < -0.3 is 5.43 Å². The molecule has 0 atom stereocenters. The summed E-state index contributed by atoms with van der Waals surface area (Å²) in [5, 5.41) is 4.58. The molecule has 0 saturated heterocycles. The zero-order valence-corrected chi connectivity index (χ0v) is 27.5. The minimum absolute atomic E-state index is 1.11. The van der Waals surface area contributed by atoms with Crippen molar-refractivity contribution in [2.45, 2.75) is 181 Å². The number of hydrazone groups is 1. The number of allylic oxidation sites excluding steroid dienone is 8. The van der Waals surface area contributed by atoms with Crippen molar-refractivity contribution in [3.8, 4) is 0 Å². The van der Waals surface area contributed by atoms with Crippen molar-refractivity contribution in [2.24, 2.45) is 5.10 Å². The second-order valence-electron chi connectivity index (χ2n) is 11.6. The zero-order chi connectivity index (χ0) is 29.0. The summed E-state index contributed by atoms with van der Waals surface area (Å²) in [6.45, 7) is 4.53. The second kappa shape index (κ2) is 35.5. The first-order valence-electron chi connectivity index (χ1n) is 17.7. The van der Waals surface area contributed by atoms with E-state index in [1.165, 1.54) is 160 Å². The fourth-order valence-electron chi connectivity index (χ4n) is 5.03. The zero-order valence-electron chi connectivity index (χ0n) is 27.5. The third-order valence-corrected chi connectivity index (χ3v) is 7.60. The first-order valence-corrected chi connectivity index (χ1v) is 17.7. The normalized spacial score (nSPS) is 12.1. The highest BCUT2D eigenvalue weighted by Gasteiger charge is 2.01. The molecule has 2 nitrogen and oxygen atoms in total. The summed E-state index contributed by atoms with van der Waals surface area (Å²) in [7, 11) is 1.94. The van der Waals surface area contributed by atoms with Gasteiger partial charge in [-0.05, 0) is 89.9 Å². The summed E-state index contributed by atoms with van der Waals surface area (Å²) in [6, 6.07) is 0. The maximum atomic E-state index is 4.58. The molecule has 0 saturated carbocycles. The Hall–Kier alpha value is -1.57. The van der Waals surface area contributed by atoms with Crippen molar-refractivity contribution in [2.75, 3.05) is 7.05 Å². The Morgan fingerprint density at radius 1 is 0.425 bits per heavy atom. The topological polar surface area (TPSA) is 24.4 Å². The first-order chi connectivity index (χ1) is 19.8. The van der Waals surface area contributed by atoms with E-state index in [1.807, 2.05) is 7.05 Å². The lowest BCUT2D eigenvalue weighted by atomic mass is 10.0. The molecule has 0 radical (unpaired) electrons. The average Bonchev–Trinajstić information content (AvgIpc) is 2.96. The van der Waals surface area contributed by atoms with E-state index in [0.717, 1.165) is 12.8 Å². The predicted octanol–water partition coefficient (Wildman–Crippen LogP) is 13.0. The maximum Gasteiger partial charge on any atom is 0.0378 e. The highest BCUT2D eigenvalue weighted by molar-refractivity contribution is 5.84. The van der Waals surface area contributed by atoms with Gasteiger partial charge in [-0.2, -0.15) is 5.10 Å². The molecular formula is C38H70N2. The molecule has 2 heteroatoms. The van der Waals surface area contributed by atoms with Crippen molar-refractivity contribution in [1.29, 1.82) is 0 Å². The lowest BCUT2D eigenvalue weighted by molar-refractivity contribution is 0.592. The Morgan fingerprint density at radius 2 is 0.750 bits per heavy atom. The number of unbranched alkanes of at least 4 members (excludes halogenated alkanes) is 18. The lowest BCUT2D eigenvalue weighted by Gasteiger charge is -2.07. The molecule has 0 aromatic rings. The van der Waals surface area contributed by atoms with Gasteiger partial charge in [0, 0.05) is 12.8 Å². The molecular weight excluding hydrogens is 484 g/mol. The van der Waals surface area contributed by atoms with Gasteiger partial charge >= 0.3 is 0 Å². The van der Waals surface area contributed by atoms with Crippen LogP contribution >= 0.6 is 0 Å². The van der Waals surface area contributed by atoms with Gasteiger partial charge in [-0.25, -0.2) is 0 Å². The van der Waals surface area contributed by atoms with Crippen LogP contribution in [-0.2, 0) is 0 Å². The molecule has 40 heavy (non-hydrogen) atoms. The van der Waals surface area contributed by atoms with E-state index in [-0.39, 0.29) is 0 Å². The Morgan fingerprint density at radius 3 is 1.10 bits per heavy atom. The standard InChI is InChI=1S/C38H70N2/c1-4-6-8-10-12-14-16-18-20-22-24-26-28-30-32-34-36-38(40-39-3)37-35-33-31-29-27-25-23-21-19-17-15-13-11-9-7-5-2/h12-15,18-21,39H,4-11,16-17,22-37H2,1-3H3/b14-12-,15-13-,20-18-,21-19-. The van der Waals surface area contributed by atoms with E-state index in [4.69, 9.17) is 0 Å². The number of hydrogen-bond donors (Lipinski definition) is 1. The van der Waals surface area contributed by atoms with Gasteiger partial charge in [0.2, 0.25) is 0 Å². The van der Waals surface area contributed by atoms with Gasteiger partial charge in [0.15, 0.2) is 0 Å². The van der Waals surface area contributed by atoms with Crippen molar-refractivity contribution in [3.05, 3.63) is 48.6 Å². The van der Waals surface area contributed by atoms with E-state index in [1.54, 1.807) is 0 Å². The van der Waals surface area contributed by atoms with Crippen molar-refractivity contribution >= 4 is 5.71 Å². The number of hydrogen-bond acceptors (Lipinski definition) is 2. The average molecular weight is 555 g/mol. The second-order valence-corrected chi connectivity index (χ2v) is 11.6. The van der Waals surface area contributed by atoms with Crippen LogP contribution in [0.4, 0.5) is 0 Å². The molecule has 232 valence electrons. The fourth-order valence-corrected chi connectivity index (χ4v) is 5.03. The summed E-state index contributed by atoms with van der Waals surface area (Å²) in [6.07, 6.45) is 52.7. The fraction of sp³-hybridized carbons (Fsp3) is 0.763. The number of nitrogens with zero attached hydrogens (tertiary/aromatic N) is 1. The molecule has 0 aliphatic carbocycles. The minimum Gasteiger partial charge on any atom is -0.313 e. The summed E-state index contributed by atoms with van der Waals surface area (Å²) >= 11 is 0. The van der Waals surface area contributed by atoms with E-state index >= 15 is 0 Å². The quantitative estimate of drug-likeness (QED) is 0.0392. The van der Waals surface area contributed by atoms with Crippen LogP contribution in [0, 0.1) is 0 Å². The molecule has 0 amide bonds. The summed E-state index contributed by atoms with van der Waals surface area (Å²) < 4.78 is 0. The molecule has 0 bridgehead atoms. The molecule has 0 aromatic heterocycles. The third-order valence-electron chi connectivity index (χ3n) is 7.60. The summed E-state index contributed by atoms with van der Waals surface area (Å²) in [4.78, 5) is 0. The van der Waals surface area contributed by atoms with E-state index in [0.29, 0.717) is 0 Å². The van der Waals surface area contributed by atoms with Crippen LogP contribution in [0.25, 0.3) is 0 Å². The molecule has 0 aromatic carbocycles. The van der Waals surface area contributed by atoms with Crippen LogP contribution in [-0.4, -0.2) is 12.8 Å². The first kappa shape index (κ1) is 38.4. The van der Waals surface area contributed by atoms with Crippen LogP contribution in [0.15, 0.2) is 53.7 Å². The molecule has 0 aliphatic heterocycles. The predicted molar refractivity (Wildman–Crippen MR) is 184 cm³/mol. The largest absolute Gasteiger partial charge is 0.313 e. The summed E-state index contributed by atoms with van der Waals surface area (Å²) in [5.74, 6) is 0. The SMILES string of the molecule is CCCCC/C=C\C/C=C\CCCCCCCCC(CCCCCCCC/C=C\C/C=C\CCCCC)=NNC. The third kappa shape index (κ3) is 32.6. The van der Waals surface area contributed by atoms with Gasteiger partial charge in [0.05, 0.1) is 0 Å². The molecule has 0 heterocycles. The Labute approximate surface area is 252 Å². The van der Waals surface area contributed by atoms with E-state index < -0.39 is 0 Å². The summed E-state index contributed by atoms with van der Waals surface area (Å²) in [5.41, 5.74) is 4.43. The van der Waals surface area contributed by atoms with Crippen molar-refractivity contribution in [3.63, 3.8) is 0 Å². The van der Waals surface area contributed by atoms with Gasteiger partial charge in [0.1, 0.15) is 0 Å². The van der Waals surface area contributed by atoms with Crippen LogP contribution in [0.3, 0.4) is 0 Å². The highest BCUT2D eigenvalue weighted by atomic mass is 15.3. The van der Waals surface area contributed by atoms with Crippen LogP contribution in [0.2, 0.25) is 0 Å². The van der Waals surface area contributed by atoms with Gasteiger partial charge in [-0.1, -0.05) is 140 Å². The Bertz CT molecular complexity index is 575. The minimum atomic E-state index is 1.11. The van der Waals surface area contributed by atoms with Crippen LogP contribution < -0.4 is 5.43 Å². The highest BCUT2D eigenvalue weighted by Crippen LogP contribution is 2.14. The molecule has 0 fully saturated rings. The van der Waals surface area contributed by atoms with Gasteiger partial charge in [-0.3, -0.25) is 0 Å². The van der Waals surface area contributed by atoms with Gasteiger partial charge in [-0.15, -0.1) is 0 Å². The maximum absolute atomic E-state index is 4.58. The number of rotatable bonds is 31. The molecule has 0 spiro atoms. The van der Waals surface area contributed by atoms with Crippen molar-refractivity contribution < 1.29 is 0 Å². The molecule has 0 rings (SSSR count). The monoisotopic (exact) mass is 555 g/mol. The van der Waals surface area contributed by atoms with Crippen molar-refractivity contribution in [1.82, 2.24) is 5.43 Å². The van der Waals surface area contributed by atoms with E-state index in [9.17, 15) is 0 Å².